The van der Waals surface area contributed by atoms with Gasteiger partial charge in [-0.05, 0) is 25.1 Å². The summed E-state index contributed by atoms with van der Waals surface area (Å²) in [6.07, 6.45) is 0. The third-order valence-corrected chi connectivity index (χ3v) is 4.60. The zero-order valence-corrected chi connectivity index (χ0v) is 15.2. The van der Waals surface area contributed by atoms with Crippen molar-refractivity contribution in [2.75, 3.05) is 12.4 Å². The van der Waals surface area contributed by atoms with Crippen LogP contribution in [-0.2, 0) is 0 Å². The fourth-order valence-corrected chi connectivity index (χ4v) is 3.12. The van der Waals surface area contributed by atoms with Crippen LogP contribution in [0.2, 0.25) is 0 Å². The van der Waals surface area contributed by atoms with Gasteiger partial charge in [-0.25, -0.2) is 9.37 Å². The lowest BCUT2D eigenvalue weighted by molar-refractivity contribution is -0.385. The highest BCUT2D eigenvalue weighted by atomic mass is 32.1. The Balaban J connectivity index is 1.80. The average molecular weight is 387 g/mol. The van der Waals surface area contributed by atoms with Crippen LogP contribution in [0.15, 0.2) is 41.8 Å². The van der Waals surface area contributed by atoms with Crippen molar-refractivity contribution in [3.05, 3.63) is 68.8 Å². The van der Waals surface area contributed by atoms with Crippen LogP contribution in [0.5, 0.6) is 5.75 Å². The first kappa shape index (κ1) is 18.5. The second kappa shape index (κ2) is 7.50. The molecule has 27 heavy (non-hydrogen) atoms. The van der Waals surface area contributed by atoms with Crippen molar-refractivity contribution >= 4 is 28.1 Å². The molecule has 1 aromatic heterocycles. The lowest BCUT2D eigenvalue weighted by Gasteiger charge is -2.05. The SMILES string of the molecule is COc1ccc(C(=O)Nc2nc(-c3ccc(C)c([N+](=O)[O-])c3)cs2)cc1F. The molecule has 0 fully saturated rings. The number of carbonyl (C=O) groups is 1. The summed E-state index contributed by atoms with van der Waals surface area (Å²) in [7, 11) is 1.34. The highest BCUT2D eigenvalue weighted by Crippen LogP contribution is 2.29. The van der Waals surface area contributed by atoms with Crippen LogP contribution in [0.4, 0.5) is 15.2 Å². The topological polar surface area (TPSA) is 94.4 Å². The monoisotopic (exact) mass is 387 g/mol. The third-order valence-electron chi connectivity index (χ3n) is 3.84. The summed E-state index contributed by atoms with van der Waals surface area (Å²) in [4.78, 5) is 27.2. The molecule has 1 N–H and O–H groups in total. The smallest absolute Gasteiger partial charge is 0.272 e. The second-order valence-electron chi connectivity index (χ2n) is 5.60. The number of ether oxygens (including phenoxy) is 1. The molecule has 0 aliphatic heterocycles. The molecule has 138 valence electrons. The molecule has 1 heterocycles. The summed E-state index contributed by atoms with van der Waals surface area (Å²) in [5, 5.41) is 15.6. The van der Waals surface area contributed by atoms with Gasteiger partial charge < -0.3 is 4.74 Å². The van der Waals surface area contributed by atoms with Gasteiger partial charge in [-0.3, -0.25) is 20.2 Å². The predicted molar refractivity (Wildman–Crippen MR) is 99.8 cm³/mol. The second-order valence-corrected chi connectivity index (χ2v) is 6.46. The first-order valence-electron chi connectivity index (χ1n) is 7.75. The standard InChI is InChI=1S/C18H14FN3O4S/c1-10-3-4-11(8-15(10)22(24)25)14-9-27-18(20-14)21-17(23)12-5-6-16(26-2)13(19)7-12/h3-9H,1-2H3,(H,20,21,23). The summed E-state index contributed by atoms with van der Waals surface area (Å²) in [6.45, 7) is 1.66. The van der Waals surface area contributed by atoms with Gasteiger partial charge in [-0.15, -0.1) is 11.3 Å². The molecule has 0 unspecified atom stereocenters. The van der Waals surface area contributed by atoms with Gasteiger partial charge in [0.15, 0.2) is 16.7 Å². The summed E-state index contributed by atoms with van der Waals surface area (Å²) >= 11 is 1.17. The van der Waals surface area contributed by atoms with E-state index >= 15 is 0 Å². The van der Waals surface area contributed by atoms with E-state index in [1.165, 1.54) is 36.6 Å². The maximum absolute atomic E-state index is 13.7. The normalized spacial score (nSPS) is 10.5. The zero-order valence-electron chi connectivity index (χ0n) is 14.4. The van der Waals surface area contributed by atoms with Crippen LogP contribution in [-0.4, -0.2) is 22.9 Å². The Morgan fingerprint density at radius 1 is 1.30 bits per heavy atom. The number of thiazole rings is 1. The van der Waals surface area contributed by atoms with Crippen LogP contribution in [0, 0.1) is 22.9 Å². The van der Waals surface area contributed by atoms with Crippen molar-refractivity contribution in [1.29, 1.82) is 0 Å². The Hall–Kier alpha value is -3.33. The van der Waals surface area contributed by atoms with E-state index in [9.17, 15) is 19.3 Å². The molecule has 0 bridgehead atoms. The number of nitro groups is 1. The minimum atomic E-state index is -0.642. The Bertz CT molecular complexity index is 1040. The Labute approximate surface area is 157 Å². The Morgan fingerprint density at radius 2 is 2.07 bits per heavy atom. The number of aromatic nitrogens is 1. The number of methoxy groups -OCH3 is 1. The van der Waals surface area contributed by atoms with Crippen molar-refractivity contribution < 1.29 is 18.8 Å². The van der Waals surface area contributed by atoms with Crippen molar-refractivity contribution in [1.82, 2.24) is 4.98 Å². The van der Waals surface area contributed by atoms with E-state index in [0.717, 1.165) is 6.07 Å². The molecule has 0 aliphatic rings. The van der Waals surface area contributed by atoms with Crippen LogP contribution in [0.3, 0.4) is 0 Å². The summed E-state index contributed by atoms with van der Waals surface area (Å²) in [5.74, 6) is -1.12. The summed E-state index contributed by atoms with van der Waals surface area (Å²) in [5.41, 5.74) is 1.74. The third kappa shape index (κ3) is 3.93. The molecule has 0 aliphatic carbocycles. The first-order valence-corrected chi connectivity index (χ1v) is 8.63. The zero-order chi connectivity index (χ0) is 19.6. The van der Waals surface area contributed by atoms with Gasteiger partial charge in [-0.1, -0.05) is 12.1 Å². The molecule has 0 saturated carbocycles. The van der Waals surface area contributed by atoms with Crippen LogP contribution >= 0.6 is 11.3 Å². The molecule has 7 nitrogen and oxygen atoms in total. The fourth-order valence-electron chi connectivity index (χ4n) is 2.41. The first-order chi connectivity index (χ1) is 12.9. The maximum Gasteiger partial charge on any atom is 0.272 e. The molecule has 3 aromatic rings. The summed E-state index contributed by atoms with van der Waals surface area (Å²) in [6, 6.07) is 8.69. The summed E-state index contributed by atoms with van der Waals surface area (Å²) < 4.78 is 18.6. The predicted octanol–water partition coefficient (Wildman–Crippen LogP) is 4.43. The van der Waals surface area contributed by atoms with E-state index in [1.54, 1.807) is 24.4 Å². The van der Waals surface area contributed by atoms with E-state index in [-0.39, 0.29) is 17.0 Å². The Morgan fingerprint density at radius 3 is 2.74 bits per heavy atom. The quantitative estimate of drug-likeness (QED) is 0.516. The number of anilines is 1. The number of rotatable bonds is 5. The van der Waals surface area contributed by atoms with E-state index in [4.69, 9.17) is 4.74 Å². The van der Waals surface area contributed by atoms with Crippen molar-refractivity contribution in [3.63, 3.8) is 0 Å². The number of aryl methyl sites for hydroxylation is 1. The maximum atomic E-state index is 13.7. The molecule has 1 amide bonds. The van der Waals surface area contributed by atoms with Crippen LogP contribution < -0.4 is 10.1 Å². The number of amides is 1. The molecule has 0 spiro atoms. The van der Waals surface area contributed by atoms with E-state index < -0.39 is 16.6 Å². The number of nitrogens with one attached hydrogen (secondary N) is 1. The molecule has 3 rings (SSSR count). The minimum absolute atomic E-state index is 0.000191. The van der Waals surface area contributed by atoms with Gasteiger partial charge in [0, 0.05) is 28.1 Å². The molecule has 0 saturated heterocycles. The van der Waals surface area contributed by atoms with Gasteiger partial charge in [0.25, 0.3) is 11.6 Å². The van der Waals surface area contributed by atoms with E-state index in [2.05, 4.69) is 10.3 Å². The number of benzene rings is 2. The number of hydrogen-bond donors (Lipinski definition) is 1. The highest BCUT2D eigenvalue weighted by Gasteiger charge is 2.15. The number of hydrogen-bond acceptors (Lipinski definition) is 6. The van der Waals surface area contributed by atoms with Crippen molar-refractivity contribution in [3.8, 4) is 17.0 Å². The van der Waals surface area contributed by atoms with Gasteiger partial charge >= 0.3 is 0 Å². The van der Waals surface area contributed by atoms with Crippen LogP contribution in [0.1, 0.15) is 15.9 Å². The molecule has 9 heteroatoms. The van der Waals surface area contributed by atoms with Gasteiger partial charge in [0.2, 0.25) is 0 Å². The number of halogens is 1. The number of carbonyl (C=O) groups excluding carboxylic acids is 1. The molecule has 2 aromatic carbocycles. The highest BCUT2D eigenvalue weighted by molar-refractivity contribution is 7.14. The molecule has 0 radical (unpaired) electrons. The molecular formula is C18H14FN3O4S. The lowest BCUT2D eigenvalue weighted by atomic mass is 10.1. The fraction of sp³-hybridized carbons (Fsp3) is 0.111. The van der Waals surface area contributed by atoms with Crippen molar-refractivity contribution in [2.24, 2.45) is 0 Å². The van der Waals surface area contributed by atoms with Crippen LogP contribution in [0.25, 0.3) is 11.3 Å². The van der Waals surface area contributed by atoms with Gasteiger partial charge in [0.1, 0.15) is 0 Å². The minimum Gasteiger partial charge on any atom is -0.494 e. The lowest BCUT2D eigenvalue weighted by Crippen LogP contribution is -2.12. The van der Waals surface area contributed by atoms with Gasteiger partial charge in [-0.2, -0.15) is 0 Å². The van der Waals surface area contributed by atoms with E-state index in [1.807, 2.05) is 0 Å². The average Bonchev–Trinajstić information content (AvgIpc) is 3.10. The molecular weight excluding hydrogens is 373 g/mol. The van der Waals surface area contributed by atoms with Crippen molar-refractivity contribution in [2.45, 2.75) is 6.92 Å². The van der Waals surface area contributed by atoms with E-state index in [0.29, 0.717) is 22.0 Å². The Kier molecular flexibility index (Phi) is 5.13. The molecule has 0 atom stereocenters. The number of nitrogens with zero attached hydrogens (tertiary/aromatic N) is 2. The number of nitro benzene ring substituents is 1. The van der Waals surface area contributed by atoms with Gasteiger partial charge in [0.05, 0.1) is 17.7 Å². The largest absolute Gasteiger partial charge is 0.494 e.